The summed E-state index contributed by atoms with van der Waals surface area (Å²) in [6, 6.07) is 0. The van der Waals surface area contributed by atoms with E-state index >= 15 is 0 Å². The molecule has 0 fully saturated rings. The molecule has 0 aliphatic heterocycles. The summed E-state index contributed by atoms with van der Waals surface area (Å²) in [4.78, 5) is 30.2. The summed E-state index contributed by atoms with van der Waals surface area (Å²) in [5, 5.41) is 17.3. The highest BCUT2D eigenvalue weighted by atomic mass is 19.4. The number of aliphatic carboxylic acids is 1. The molecule has 2 unspecified atom stereocenters. The van der Waals surface area contributed by atoms with E-state index in [2.05, 4.69) is 4.74 Å². The highest BCUT2D eigenvalue weighted by molar-refractivity contribution is 5.82. The first-order valence-electron chi connectivity index (χ1n) is 5.96. The molecule has 0 aliphatic rings. The number of rotatable bonds is 4. The SMILES string of the molecule is CC(=O)OC(C)=O.CCC(C)C(CO)(C(=O)O)C(F)(F)F. The number of ether oxygens (including phenoxy) is 1. The van der Waals surface area contributed by atoms with E-state index < -0.39 is 42.0 Å². The third-order valence-corrected chi connectivity index (χ3v) is 2.88. The van der Waals surface area contributed by atoms with Crippen LogP contribution < -0.4 is 0 Å². The molecular formula is C12H19F3O6. The van der Waals surface area contributed by atoms with Gasteiger partial charge in [-0.05, 0) is 5.92 Å². The van der Waals surface area contributed by atoms with Crippen molar-refractivity contribution in [3.05, 3.63) is 0 Å². The Morgan fingerprint density at radius 2 is 1.52 bits per heavy atom. The lowest BCUT2D eigenvalue weighted by molar-refractivity contribution is -0.254. The first-order valence-corrected chi connectivity index (χ1v) is 5.96. The topological polar surface area (TPSA) is 101 Å². The van der Waals surface area contributed by atoms with Crippen LogP contribution in [-0.4, -0.2) is 40.9 Å². The van der Waals surface area contributed by atoms with Gasteiger partial charge in [0.05, 0.1) is 6.61 Å². The summed E-state index contributed by atoms with van der Waals surface area (Å²) < 4.78 is 41.5. The van der Waals surface area contributed by atoms with E-state index in [1.54, 1.807) is 0 Å². The number of aliphatic hydroxyl groups excluding tert-OH is 1. The first kappa shape index (κ1) is 21.7. The van der Waals surface area contributed by atoms with Crippen LogP contribution in [0.1, 0.15) is 34.1 Å². The van der Waals surface area contributed by atoms with E-state index in [4.69, 9.17) is 10.2 Å². The second-order valence-electron chi connectivity index (χ2n) is 4.33. The maximum atomic E-state index is 12.5. The van der Waals surface area contributed by atoms with E-state index in [-0.39, 0.29) is 6.42 Å². The molecule has 0 aromatic rings. The zero-order valence-electron chi connectivity index (χ0n) is 12.2. The molecule has 0 amide bonds. The number of esters is 2. The number of aliphatic hydroxyl groups is 1. The summed E-state index contributed by atoms with van der Waals surface area (Å²) in [6.45, 7) is 3.55. The Morgan fingerprint density at radius 3 is 1.57 bits per heavy atom. The first-order chi connectivity index (χ1) is 9.36. The average Bonchev–Trinajstić information content (AvgIpc) is 2.26. The van der Waals surface area contributed by atoms with Crippen molar-refractivity contribution < 1.29 is 42.5 Å². The molecule has 0 bridgehead atoms. The van der Waals surface area contributed by atoms with Crippen LogP contribution in [0.25, 0.3) is 0 Å². The van der Waals surface area contributed by atoms with Gasteiger partial charge in [0.1, 0.15) is 0 Å². The van der Waals surface area contributed by atoms with Crippen LogP contribution in [0.15, 0.2) is 0 Å². The molecule has 6 nitrogen and oxygen atoms in total. The Labute approximate surface area is 119 Å². The molecule has 2 N–H and O–H groups in total. The molecule has 0 saturated heterocycles. The fourth-order valence-corrected chi connectivity index (χ4v) is 1.48. The van der Waals surface area contributed by atoms with E-state index in [0.29, 0.717) is 0 Å². The third kappa shape index (κ3) is 6.11. The average molecular weight is 316 g/mol. The Kier molecular flexibility index (Phi) is 8.87. The third-order valence-electron chi connectivity index (χ3n) is 2.88. The van der Waals surface area contributed by atoms with Crippen molar-refractivity contribution in [3.8, 4) is 0 Å². The van der Waals surface area contributed by atoms with Crippen LogP contribution in [0.5, 0.6) is 0 Å². The molecule has 0 spiro atoms. The van der Waals surface area contributed by atoms with E-state index in [0.717, 1.165) is 6.92 Å². The van der Waals surface area contributed by atoms with Crippen LogP contribution >= 0.6 is 0 Å². The molecule has 0 radical (unpaired) electrons. The van der Waals surface area contributed by atoms with E-state index in [1.165, 1.54) is 20.8 Å². The predicted molar refractivity (Wildman–Crippen MR) is 65.1 cm³/mol. The highest BCUT2D eigenvalue weighted by Gasteiger charge is 2.63. The maximum Gasteiger partial charge on any atom is 0.407 e. The molecule has 0 heterocycles. The van der Waals surface area contributed by atoms with Crippen LogP contribution in [0.3, 0.4) is 0 Å². The van der Waals surface area contributed by atoms with Gasteiger partial charge in [-0.25, -0.2) is 0 Å². The molecule has 2 atom stereocenters. The summed E-state index contributed by atoms with van der Waals surface area (Å²) in [5.41, 5.74) is -3.04. The Morgan fingerprint density at radius 1 is 1.14 bits per heavy atom. The van der Waals surface area contributed by atoms with Crippen molar-refractivity contribution in [1.82, 2.24) is 0 Å². The van der Waals surface area contributed by atoms with Gasteiger partial charge >= 0.3 is 24.1 Å². The van der Waals surface area contributed by atoms with Crippen molar-refractivity contribution in [2.75, 3.05) is 6.61 Å². The fourth-order valence-electron chi connectivity index (χ4n) is 1.48. The van der Waals surface area contributed by atoms with Crippen LogP contribution in [0.4, 0.5) is 13.2 Å². The number of carboxylic acid groups (broad SMARTS) is 1. The van der Waals surface area contributed by atoms with Crippen LogP contribution in [0, 0.1) is 11.3 Å². The standard InChI is InChI=1S/C8H13F3O3.C4H6O3/c1-3-5(2)7(4-12,6(13)14)8(9,10)11;1-3(5)7-4(2)6/h5,12H,3-4H2,1-2H3,(H,13,14);1-2H3. The molecule has 0 aliphatic carbocycles. The Hall–Kier alpha value is -1.64. The molecule has 0 aromatic heterocycles. The largest absolute Gasteiger partial charge is 0.481 e. The fraction of sp³-hybridized carbons (Fsp3) is 0.750. The van der Waals surface area contributed by atoms with Gasteiger partial charge < -0.3 is 14.9 Å². The lowest BCUT2D eigenvalue weighted by Gasteiger charge is -2.34. The van der Waals surface area contributed by atoms with Gasteiger partial charge in [-0.3, -0.25) is 14.4 Å². The molecule has 21 heavy (non-hydrogen) atoms. The van der Waals surface area contributed by atoms with Gasteiger partial charge in [-0.1, -0.05) is 20.3 Å². The summed E-state index contributed by atoms with van der Waals surface area (Å²) >= 11 is 0. The van der Waals surface area contributed by atoms with Gasteiger partial charge in [0, 0.05) is 13.8 Å². The van der Waals surface area contributed by atoms with Crippen molar-refractivity contribution in [2.45, 2.75) is 40.3 Å². The van der Waals surface area contributed by atoms with Crippen molar-refractivity contribution in [3.63, 3.8) is 0 Å². The minimum atomic E-state index is -4.94. The van der Waals surface area contributed by atoms with Gasteiger partial charge in [0.25, 0.3) is 0 Å². The zero-order chi connectivity index (χ0) is 17.4. The minimum Gasteiger partial charge on any atom is -0.481 e. The number of carbonyl (C=O) groups is 3. The predicted octanol–water partition coefficient (Wildman–Crippen LogP) is 1.75. The van der Waals surface area contributed by atoms with E-state index in [9.17, 15) is 27.6 Å². The van der Waals surface area contributed by atoms with Crippen molar-refractivity contribution in [2.24, 2.45) is 11.3 Å². The molecule has 0 rings (SSSR count). The minimum absolute atomic E-state index is 0.0341. The Balaban J connectivity index is 0. The number of hydrogen-bond acceptors (Lipinski definition) is 5. The van der Waals surface area contributed by atoms with Gasteiger partial charge in [-0.2, -0.15) is 13.2 Å². The highest BCUT2D eigenvalue weighted by Crippen LogP contribution is 2.45. The molecule has 9 heteroatoms. The molecular weight excluding hydrogens is 297 g/mol. The van der Waals surface area contributed by atoms with Crippen LogP contribution in [0.2, 0.25) is 0 Å². The lowest BCUT2D eigenvalue weighted by atomic mass is 9.75. The second kappa shape index (κ2) is 8.60. The summed E-state index contributed by atoms with van der Waals surface area (Å²) in [6.07, 6.45) is -4.91. The molecule has 0 aromatic carbocycles. The molecule has 124 valence electrons. The molecule has 0 saturated carbocycles. The van der Waals surface area contributed by atoms with Crippen LogP contribution in [-0.2, 0) is 19.1 Å². The van der Waals surface area contributed by atoms with Gasteiger partial charge in [0.15, 0.2) is 5.41 Å². The van der Waals surface area contributed by atoms with Crippen molar-refractivity contribution >= 4 is 17.9 Å². The van der Waals surface area contributed by atoms with Gasteiger partial charge in [0.2, 0.25) is 0 Å². The summed E-state index contributed by atoms with van der Waals surface area (Å²) in [7, 11) is 0. The lowest BCUT2D eigenvalue weighted by Crippen LogP contribution is -2.52. The second-order valence-corrected chi connectivity index (χ2v) is 4.33. The quantitative estimate of drug-likeness (QED) is 0.605. The van der Waals surface area contributed by atoms with E-state index in [1.807, 2.05) is 0 Å². The number of halogens is 3. The number of alkyl halides is 3. The van der Waals surface area contributed by atoms with Crippen molar-refractivity contribution in [1.29, 1.82) is 0 Å². The number of hydrogen-bond donors (Lipinski definition) is 2. The van der Waals surface area contributed by atoms with Gasteiger partial charge in [-0.15, -0.1) is 0 Å². The maximum absolute atomic E-state index is 12.5. The number of carbonyl (C=O) groups excluding carboxylic acids is 2. The summed E-state index contributed by atoms with van der Waals surface area (Å²) in [5.74, 6) is -4.31. The number of carboxylic acids is 1. The normalized spacial score (nSPS) is 15.0. The Bertz CT molecular complexity index is 368. The smallest absolute Gasteiger partial charge is 0.407 e. The zero-order valence-corrected chi connectivity index (χ0v) is 12.2. The monoisotopic (exact) mass is 316 g/mol.